The molecule has 0 spiro atoms. The van der Waals surface area contributed by atoms with E-state index in [1.165, 1.54) is 12.1 Å². The summed E-state index contributed by atoms with van der Waals surface area (Å²) in [5.74, 6) is -1.43. The molecule has 1 radical (unpaired) electrons. The van der Waals surface area contributed by atoms with E-state index in [1.807, 2.05) is 24.3 Å². The van der Waals surface area contributed by atoms with E-state index in [-0.39, 0.29) is 47.8 Å². The average molecular weight is 434 g/mol. The molecule has 0 saturated heterocycles. The Hall–Kier alpha value is -1.96. The number of para-hydroxylation sites is 1. The van der Waals surface area contributed by atoms with Crippen molar-refractivity contribution in [2.24, 2.45) is 0 Å². The van der Waals surface area contributed by atoms with E-state index in [4.69, 9.17) is 5.11 Å². The van der Waals surface area contributed by atoms with Gasteiger partial charge < -0.3 is 19.9 Å². The third kappa shape index (κ3) is 6.05. The summed E-state index contributed by atoms with van der Waals surface area (Å²) in [6.07, 6.45) is 0.727. The first-order chi connectivity index (χ1) is 14.3. The summed E-state index contributed by atoms with van der Waals surface area (Å²) >= 11 is 0. The summed E-state index contributed by atoms with van der Waals surface area (Å²) in [6.45, 7) is 4.12. The number of carboxylic acids is 1. The zero-order valence-corrected chi connectivity index (χ0v) is 20.0. The molecular weight excluding hydrogens is 408 g/mol. The van der Waals surface area contributed by atoms with Crippen LogP contribution in [-0.2, 0) is 4.79 Å². The number of aliphatic carboxylic acids is 1. The molecular formula is C24H26FNNaO4. The molecule has 1 aromatic heterocycles. The second kappa shape index (κ2) is 11.1. The number of rotatable bonds is 8. The third-order valence-corrected chi connectivity index (χ3v) is 5.00. The molecule has 0 bridgehead atoms. The number of aliphatic hydroxyl groups is 2. The maximum absolute atomic E-state index is 13.5. The van der Waals surface area contributed by atoms with Crippen molar-refractivity contribution in [3.8, 4) is 11.1 Å². The third-order valence-electron chi connectivity index (χ3n) is 5.00. The summed E-state index contributed by atoms with van der Waals surface area (Å²) in [7, 11) is 0. The molecule has 7 heteroatoms. The van der Waals surface area contributed by atoms with Crippen LogP contribution in [0.3, 0.4) is 0 Å². The average Bonchev–Trinajstić information content (AvgIpc) is 3.00. The van der Waals surface area contributed by atoms with Crippen LogP contribution in [0.4, 0.5) is 4.39 Å². The molecule has 1 heterocycles. The number of halogens is 1. The SMILES string of the molecule is CC(C)n1c(C=C[C@H](O)C[C@H](O)CC(=O)O)c(-c2ccc(F)cc2)c2ccccc21.[Na]. The van der Waals surface area contributed by atoms with Crippen LogP contribution >= 0.6 is 0 Å². The van der Waals surface area contributed by atoms with E-state index < -0.39 is 24.6 Å². The number of aliphatic hydroxyl groups excluding tert-OH is 2. The summed E-state index contributed by atoms with van der Waals surface area (Å²) in [6, 6.07) is 14.4. The Labute approximate surface area is 203 Å². The van der Waals surface area contributed by atoms with E-state index in [2.05, 4.69) is 18.4 Å². The molecule has 0 unspecified atom stereocenters. The molecule has 0 fully saturated rings. The van der Waals surface area contributed by atoms with Crippen molar-refractivity contribution in [1.82, 2.24) is 4.57 Å². The first-order valence-corrected chi connectivity index (χ1v) is 9.93. The number of carboxylic acid groups (broad SMARTS) is 1. The first kappa shape index (κ1) is 25.3. The number of hydrogen-bond donors (Lipinski definition) is 3. The van der Waals surface area contributed by atoms with Gasteiger partial charge in [-0.15, -0.1) is 0 Å². The Morgan fingerprint density at radius 3 is 2.35 bits per heavy atom. The quantitative estimate of drug-likeness (QED) is 0.463. The van der Waals surface area contributed by atoms with Crippen LogP contribution in [0.1, 0.15) is 38.4 Å². The normalized spacial score (nSPS) is 13.5. The van der Waals surface area contributed by atoms with Crippen molar-refractivity contribution < 1.29 is 24.5 Å². The van der Waals surface area contributed by atoms with Crippen molar-refractivity contribution in [3.63, 3.8) is 0 Å². The molecule has 0 amide bonds. The Balaban J connectivity index is 0.00000341. The van der Waals surface area contributed by atoms with Crippen LogP contribution in [0, 0.1) is 5.82 Å². The Bertz CT molecular complexity index is 1060. The van der Waals surface area contributed by atoms with Gasteiger partial charge in [-0.25, -0.2) is 4.39 Å². The molecule has 3 N–H and O–H groups in total. The Kier molecular flexibility index (Phi) is 9.03. The van der Waals surface area contributed by atoms with E-state index in [0.29, 0.717) is 0 Å². The molecule has 2 aromatic carbocycles. The number of aromatic nitrogens is 1. The van der Waals surface area contributed by atoms with E-state index in [0.717, 1.165) is 27.7 Å². The van der Waals surface area contributed by atoms with Crippen molar-refractivity contribution in [3.05, 3.63) is 66.1 Å². The van der Waals surface area contributed by atoms with E-state index in [9.17, 15) is 19.4 Å². The van der Waals surface area contributed by atoms with Gasteiger partial charge in [0, 0.05) is 64.2 Å². The van der Waals surface area contributed by atoms with Gasteiger partial charge in [0.2, 0.25) is 0 Å². The molecule has 3 rings (SSSR count). The number of fused-ring (bicyclic) bond motifs is 1. The summed E-state index contributed by atoms with van der Waals surface area (Å²) in [5, 5.41) is 29.9. The predicted molar refractivity (Wildman–Crippen MR) is 121 cm³/mol. The van der Waals surface area contributed by atoms with Crippen LogP contribution in [0.15, 0.2) is 54.6 Å². The van der Waals surface area contributed by atoms with Crippen LogP contribution in [0.25, 0.3) is 28.1 Å². The standard InChI is InChI=1S/C24H26FNO4.Na/c1-15(2)26-21-6-4-3-5-20(21)24(16-7-9-17(25)10-8-16)22(26)12-11-18(27)13-19(28)14-23(29)30;/h3-12,15,18-19,27-28H,13-14H2,1-2H3,(H,29,30);/t18-,19-;/m0./s1. The largest absolute Gasteiger partial charge is 0.481 e. The van der Waals surface area contributed by atoms with Gasteiger partial charge in [-0.1, -0.05) is 36.4 Å². The second-order valence-electron chi connectivity index (χ2n) is 7.66. The molecule has 159 valence electrons. The van der Waals surface area contributed by atoms with Crippen molar-refractivity contribution in [2.75, 3.05) is 0 Å². The number of hydrogen-bond acceptors (Lipinski definition) is 3. The smallest absolute Gasteiger partial charge is 0.305 e. The maximum atomic E-state index is 13.5. The van der Waals surface area contributed by atoms with E-state index in [1.54, 1.807) is 24.3 Å². The van der Waals surface area contributed by atoms with Gasteiger partial charge in [0.25, 0.3) is 0 Å². The van der Waals surface area contributed by atoms with Gasteiger partial charge in [0.05, 0.1) is 18.6 Å². The minimum absolute atomic E-state index is 0. The van der Waals surface area contributed by atoms with Crippen LogP contribution in [0.5, 0.6) is 0 Å². The molecule has 0 aliphatic rings. The van der Waals surface area contributed by atoms with Gasteiger partial charge in [-0.3, -0.25) is 4.79 Å². The maximum Gasteiger partial charge on any atom is 0.305 e. The van der Waals surface area contributed by atoms with Crippen molar-refractivity contribution in [1.29, 1.82) is 0 Å². The molecule has 2 atom stereocenters. The zero-order valence-electron chi connectivity index (χ0n) is 18.0. The van der Waals surface area contributed by atoms with Crippen LogP contribution in [-0.4, -0.2) is 67.6 Å². The summed E-state index contributed by atoms with van der Waals surface area (Å²) in [5.41, 5.74) is 3.65. The molecule has 0 aliphatic carbocycles. The van der Waals surface area contributed by atoms with E-state index >= 15 is 0 Å². The molecule has 3 aromatic rings. The fourth-order valence-electron chi connectivity index (χ4n) is 3.77. The first-order valence-electron chi connectivity index (χ1n) is 9.93. The topological polar surface area (TPSA) is 82.7 Å². The van der Waals surface area contributed by atoms with Gasteiger partial charge in [-0.05, 0) is 43.7 Å². The monoisotopic (exact) mass is 434 g/mol. The second-order valence-corrected chi connectivity index (χ2v) is 7.66. The number of carbonyl (C=O) groups is 1. The summed E-state index contributed by atoms with van der Waals surface area (Å²) < 4.78 is 15.6. The Morgan fingerprint density at radius 2 is 1.74 bits per heavy atom. The van der Waals surface area contributed by atoms with Gasteiger partial charge in [-0.2, -0.15) is 0 Å². The molecule has 0 saturated carbocycles. The van der Waals surface area contributed by atoms with Crippen molar-refractivity contribution in [2.45, 2.75) is 44.9 Å². The molecule has 0 aliphatic heterocycles. The fraction of sp³-hybridized carbons (Fsp3) is 0.292. The summed E-state index contributed by atoms with van der Waals surface area (Å²) in [4.78, 5) is 10.7. The zero-order chi connectivity index (χ0) is 21.8. The van der Waals surface area contributed by atoms with Crippen LogP contribution in [0.2, 0.25) is 0 Å². The van der Waals surface area contributed by atoms with Crippen LogP contribution < -0.4 is 0 Å². The van der Waals surface area contributed by atoms with Crippen molar-refractivity contribution >= 4 is 52.5 Å². The van der Waals surface area contributed by atoms with Gasteiger partial charge in [0.1, 0.15) is 5.82 Å². The molecule has 31 heavy (non-hydrogen) atoms. The minimum atomic E-state index is -1.13. The Morgan fingerprint density at radius 1 is 1.10 bits per heavy atom. The fourth-order valence-corrected chi connectivity index (χ4v) is 3.77. The van der Waals surface area contributed by atoms with Gasteiger partial charge >= 0.3 is 5.97 Å². The number of benzene rings is 2. The van der Waals surface area contributed by atoms with Gasteiger partial charge in [0.15, 0.2) is 0 Å². The number of nitrogens with zero attached hydrogens (tertiary/aromatic N) is 1. The minimum Gasteiger partial charge on any atom is -0.481 e. The predicted octanol–water partition coefficient (Wildman–Crippen LogP) is 4.25. The molecule has 5 nitrogen and oxygen atoms in total.